The highest BCUT2D eigenvalue weighted by atomic mass is 32.2. The molecule has 1 N–H and O–H groups in total. The van der Waals surface area contributed by atoms with Crippen molar-refractivity contribution in [3.63, 3.8) is 0 Å². The number of amides is 1. The van der Waals surface area contributed by atoms with Gasteiger partial charge in [0.05, 0.1) is 19.0 Å². The predicted octanol–water partition coefficient (Wildman–Crippen LogP) is 0.0453. The summed E-state index contributed by atoms with van der Waals surface area (Å²) < 4.78 is 9.48. The van der Waals surface area contributed by atoms with Crippen LogP contribution in [0.5, 0.6) is 0 Å². The molecule has 1 amide bonds. The lowest BCUT2D eigenvalue weighted by molar-refractivity contribution is -0.143. The summed E-state index contributed by atoms with van der Waals surface area (Å²) in [5.74, 6) is 0.531. The van der Waals surface area contributed by atoms with Crippen molar-refractivity contribution in [3.8, 4) is 0 Å². The molecule has 0 atom stereocenters. The smallest absolute Gasteiger partial charge is 0.325 e. The normalized spacial score (nSPS) is 9.73. The maximum Gasteiger partial charge on any atom is 0.325 e. The predicted molar refractivity (Wildman–Crippen MR) is 58.8 cm³/mol. The van der Waals surface area contributed by atoms with Crippen molar-refractivity contribution in [2.45, 2.75) is 6.92 Å². The Labute approximate surface area is 93.9 Å². The van der Waals surface area contributed by atoms with Crippen LogP contribution in [0.15, 0.2) is 0 Å². The van der Waals surface area contributed by atoms with Gasteiger partial charge in [0.1, 0.15) is 6.54 Å². The van der Waals surface area contributed by atoms with Crippen LogP contribution in [0, 0.1) is 0 Å². The van der Waals surface area contributed by atoms with Crippen LogP contribution in [0.4, 0.5) is 0 Å². The summed E-state index contributed by atoms with van der Waals surface area (Å²) >= 11 is 1.46. The summed E-state index contributed by atoms with van der Waals surface area (Å²) in [5.41, 5.74) is 0. The highest BCUT2D eigenvalue weighted by molar-refractivity contribution is 7.99. The van der Waals surface area contributed by atoms with Crippen molar-refractivity contribution in [1.29, 1.82) is 0 Å². The highest BCUT2D eigenvalue weighted by Crippen LogP contribution is 1.97. The van der Waals surface area contributed by atoms with E-state index in [1.54, 1.807) is 14.0 Å². The summed E-state index contributed by atoms with van der Waals surface area (Å²) in [6, 6.07) is 0. The largest absolute Gasteiger partial charge is 0.465 e. The molecule has 88 valence electrons. The molecular weight excluding hydrogens is 218 g/mol. The van der Waals surface area contributed by atoms with Gasteiger partial charge in [-0.3, -0.25) is 9.59 Å². The summed E-state index contributed by atoms with van der Waals surface area (Å²) in [6.45, 7) is 2.62. The first-order valence-corrected chi connectivity index (χ1v) is 5.85. The van der Waals surface area contributed by atoms with Crippen LogP contribution < -0.4 is 5.32 Å². The molecule has 0 aliphatic rings. The lowest BCUT2D eigenvalue weighted by Crippen LogP contribution is -2.32. The molecule has 15 heavy (non-hydrogen) atoms. The van der Waals surface area contributed by atoms with Gasteiger partial charge in [-0.1, -0.05) is 0 Å². The van der Waals surface area contributed by atoms with Gasteiger partial charge >= 0.3 is 5.97 Å². The fraction of sp³-hybridized carbons (Fsp3) is 0.778. The van der Waals surface area contributed by atoms with Crippen LogP contribution in [0.25, 0.3) is 0 Å². The Morgan fingerprint density at radius 2 is 2.13 bits per heavy atom. The average molecular weight is 235 g/mol. The number of rotatable bonds is 8. The van der Waals surface area contributed by atoms with Crippen LogP contribution >= 0.6 is 11.8 Å². The van der Waals surface area contributed by atoms with Crippen LogP contribution in [0.1, 0.15) is 6.92 Å². The van der Waals surface area contributed by atoms with Gasteiger partial charge in [-0.15, -0.1) is 11.8 Å². The third-order valence-corrected chi connectivity index (χ3v) is 2.32. The van der Waals surface area contributed by atoms with E-state index in [0.717, 1.165) is 5.75 Å². The van der Waals surface area contributed by atoms with E-state index in [4.69, 9.17) is 4.74 Å². The Hall–Kier alpha value is -0.750. The van der Waals surface area contributed by atoms with E-state index in [-0.39, 0.29) is 12.5 Å². The lowest BCUT2D eigenvalue weighted by Gasteiger charge is -2.04. The molecule has 0 aliphatic heterocycles. The van der Waals surface area contributed by atoms with Gasteiger partial charge < -0.3 is 14.8 Å². The number of hydrogen-bond donors (Lipinski definition) is 1. The van der Waals surface area contributed by atoms with E-state index in [1.165, 1.54) is 11.8 Å². The number of hydrogen-bond acceptors (Lipinski definition) is 5. The van der Waals surface area contributed by atoms with Crippen molar-refractivity contribution in [3.05, 3.63) is 0 Å². The second kappa shape index (κ2) is 9.79. The quantitative estimate of drug-likeness (QED) is 0.475. The van der Waals surface area contributed by atoms with E-state index in [2.05, 4.69) is 10.1 Å². The number of methoxy groups -OCH3 is 1. The van der Waals surface area contributed by atoms with Gasteiger partial charge in [-0.25, -0.2) is 0 Å². The van der Waals surface area contributed by atoms with Crippen molar-refractivity contribution >= 4 is 23.6 Å². The van der Waals surface area contributed by atoms with Gasteiger partial charge in [0, 0.05) is 12.9 Å². The molecule has 0 aromatic carbocycles. The topological polar surface area (TPSA) is 64.6 Å². The first-order valence-electron chi connectivity index (χ1n) is 4.69. The molecule has 0 bridgehead atoms. The summed E-state index contributed by atoms with van der Waals surface area (Å²) in [7, 11) is 1.61. The first-order chi connectivity index (χ1) is 7.20. The zero-order valence-corrected chi connectivity index (χ0v) is 9.89. The molecular formula is C9H17NO4S. The second-order valence-corrected chi connectivity index (χ2v) is 3.73. The molecule has 6 heteroatoms. The van der Waals surface area contributed by atoms with Gasteiger partial charge in [0.2, 0.25) is 5.91 Å². The summed E-state index contributed by atoms with van der Waals surface area (Å²) in [6.07, 6.45) is 0. The fourth-order valence-corrected chi connectivity index (χ4v) is 1.46. The van der Waals surface area contributed by atoms with Crippen molar-refractivity contribution in [2.24, 2.45) is 0 Å². The molecule has 0 saturated carbocycles. The Bertz CT molecular complexity index is 199. The van der Waals surface area contributed by atoms with Gasteiger partial charge in [0.15, 0.2) is 0 Å². The number of carbonyl (C=O) groups excluding carboxylic acids is 2. The molecule has 0 unspecified atom stereocenters. The van der Waals surface area contributed by atoms with Crippen LogP contribution in [0.2, 0.25) is 0 Å². The zero-order chi connectivity index (χ0) is 11.5. The molecule has 0 aliphatic carbocycles. The van der Waals surface area contributed by atoms with Gasteiger partial charge in [-0.05, 0) is 6.92 Å². The minimum atomic E-state index is -0.409. The van der Waals surface area contributed by atoms with Crippen LogP contribution in [0.3, 0.4) is 0 Å². The summed E-state index contributed by atoms with van der Waals surface area (Å²) in [4.78, 5) is 22.0. The monoisotopic (exact) mass is 235 g/mol. The van der Waals surface area contributed by atoms with Crippen molar-refractivity contribution < 1.29 is 19.1 Å². The van der Waals surface area contributed by atoms with Gasteiger partial charge in [0.25, 0.3) is 0 Å². The highest BCUT2D eigenvalue weighted by Gasteiger charge is 2.05. The average Bonchev–Trinajstić information content (AvgIpc) is 2.22. The minimum absolute atomic E-state index is 0.0580. The number of carbonyl (C=O) groups is 2. The Morgan fingerprint density at radius 1 is 1.40 bits per heavy atom. The molecule has 0 saturated heterocycles. The van der Waals surface area contributed by atoms with E-state index in [9.17, 15) is 9.59 Å². The van der Waals surface area contributed by atoms with E-state index >= 15 is 0 Å². The standard InChI is InChI=1S/C9H17NO4S/c1-3-14-9(12)6-10-8(11)7-15-5-4-13-2/h3-7H2,1-2H3,(H,10,11). The third-order valence-electron chi connectivity index (χ3n) is 1.40. The number of ether oxygens (including phenoxy) is 2. The third kappa shape index (κ3) is 9.55. The molecule has 0 heterocycles. The molecule has 0 aromatic rings. The second-order valence-electron chi connectivity index (χ2n) is 2.63. The lowest BCUT2D eigenvalue weighted by atomic mass is 10.6. The van der Waals surface area contributed by atoms with E-state index in [1.807, 2.05) is 0 Å². The molecule has 0 aromatic heterocycles. The first kappa shape index (κ1) is 14.2. The molecule has 0 fully saturated rings. The molecule has 0 rings (SSSR count). The number of thioether (sulfide) groups is 1. The Balaban J connectivity index is 3.36. The Morgan fingerprint density at radius 3 is 2.73 bits per heavy atom. The maximum absolute atomic E-state index is 11.1. The Kier molecular flexibility index (Phi) is 9.30. The summed E-state index contributed by atoms with van der Waals surface area (Å²) in [5, 5.41) is 2.47. The zero-order valence-electron chi connectivity index (χ0n) is 9.08. The molecule has 0 radical (unpaired) electrons. The molecule has 0 spiro atoms. The van der Waals surface area contributed by atoms with Crippen molar-refractivity contribution in [1.82, 2.24) is 5.32 Å². The number of nitrogens with one attached hydrogen (secondary N) is 1. The molecule has 5 nitrogen and oxygen atoms in total. The fourth-order valence-electron chi connectivity index (χ4n) is 0.741. The SMILES string of the molecule is CCOC(=O)CNC(=O)CSCCOC. The minimum Gasteiger partial charge on any atom is -0.465 e. The number of esters is 1. The van der Waals surface area contributed by atoms with Crippen LogP contribution in [-0.4, -0.2) is 50.3 Å². The van der Waals surface area contributed by atoms with E-state index in [0.29, 0.717) is 19.0 Å². The van der Waals surface area contributed by atoms with Gasteiger partial charge in [-0.2, -0.15) is 0 Å². The maximum atomic E-state index is 11.1. The van der Waals surface area contributed by atoms with Crippen molar-refractivity contribution in [2.75, 3.05) is 38.4 Å². The van der Waals surface area contributed by atoms with E-state index < -0.39 is 5.97 Å². The van der Waals surface area contributed by atoms with Crippen LogP contribution in [-0.2, 0) is 19.1 Å².